The van der Waals surface area contributed by atoms with Gasteiger partial charge in [0.05, 0.1) is 17.6 Å². The summed E-state index contributed by atoms with van der Waals surface area (Å²) in [4.78, 5) is 0.156. The van der Waals surface area contributed by atoms with Crippen LogP contribution in [0.5, 0.6) is 0 Å². The van der Waals surface area contributed by atoms with Crippen LogP contribution in [-0.4, -0.2) is 41.5 Å². The Hall–Kier alpha value is -1.04. The van der Waals surface area contributed by atoms with Gasteiger partial charge < -0.3 is 15.2 Å². The number of ether oxygens (including phenoxy) is 1. The molecule has 0 spiro atoms. The summed E-state index contributed by atoms with van der Waals surface area (Å²) < 4.78 is 4.79. The van der Waals surface area contributed by atoms with E-state index in [1.165, 1.54) is 5.01 Å². The molecule has 12 heavy (non-hydrogen) atoms. The fourth-order valence-electron chi connectivity index (χ4n) is 0.778. The van der Waals surface area contributed by atoms with E-state index < -0.39 is 0 Å². The Kier molecular flexibility index (Phi) is 5.11. The highest BCUT2D eigenvalue weighted by molar-refractivity contribution is 4.49. The van der Waals surface area contributed by atoms with Crippen molar-refractivity contribution in [1.82, 2.24) is 5.01 Å². The van der Waals surface area contributed by atoms with Crippen LogP contribution in [0.25, 0.3) is 0 Å². The van der Waals surface area contributed by atoms with Gasteiger partial charge in [0.2, 0.25) is 5.28 Å². The van der Waals surface area contributed by atoms with Gasteiger partial charge in [0.1, 0.15) is 6.54 Å². The van der Waals surface area contributed by atoms with E-state index in [0.29, 0.717) is 13.2 Å². The van der Waals surface area contributed by atoms with Crippen LogP contribution in [0.3, 0.4) is 0 Å². The van der Waals surface area contributed by atoms with E-state index in [1.807, 2.05) is 13.8 Å². The average Bonchev–Trinajstić information content (AvgIpc) is 2.04. The van der Waals surface area contributed by atoms with Gasteiger partial charge in [0.25, 0.3) is 0 Å². The Morgan fingerprint density at radius 2 is 2.25 bits per heavy atom. The second-order valence-electron chi connectivity index (χ2n) is 2.59. The maximum Gasteiger partial charge on any atom is 0.230 e. The van der Waals surface area contributed by atoms with E-state index >= 15 is 0 Å². The second-order valence-corrected chi connectivity index (χ2v) is 2.59. The molecule has 0 rings (SSSR count). The van der Waals surface area contributed by atoms with Crippen molar-refractivity contribution in [1.29, 1.82) is 0 Å². The zero-order chi connectivity index (χ0) is 9.56. The Bertz CT molecular complexity index is 149. The van der Waals surface area contributed by atoms with Crippen LogP contribution in [0.15, 0.2) is 5.28 Å². The molecular weight excluding hydrogens is 162 g/mol. The van der Waals surface area contributed by atoms with Gasteiger partial charge in [0, 0.05) is 7.11 Å². The average molecular weight is 177 g/mol. The van der Waals surface area contributed by atoms with Gasteiger partial charge in [-0.3, -0.25) is 0 Å². The molecule has 72 valence electrons. The highest BCUT2D eigenvalue weighted by Crippen LogP contribution is 1.98. The van der Waals surface area contributed by atoms with Crippen LogP contribution in [0.1, 0.15) is 13.8 Å². The van der Waals surface area contributed by atoms with Crippen LogP contribution in [0.2, 0.25) is 0 Å². The number of rotatable bonds is 5. The first-order valence-corrected chi connectivity index (χ1v) is 3.71. The standard InChI is InChI=1S/C6H15N3O3/c1-6(2)8(4-5-12-3)9(11)7-10/h6,10H,4-5H2,1-3H3/b9-7-. The van der Waals surface area contributed by atoms with Crippen LogP contribution in [0, 0.1) is 5.21 Å². The number of hydrazine groups is 1. The van der Waals surface area contributed by atoms with Gasteiger partial charge in [-0.2, -0.15) is 0 Å². The number of nitrogens with zero attached hydrogens (tertiary/aromatic N) is 3. The molecule has 0 aliphatic carbocycles. The van der Waals surface area contributed by atoms with Crippen molar-refractivity contribution >= 4 is 0 Å². The summed E-state index contributed by atoms with van der Waals surface area (Å²) in [5, 5.41) is 22.9. The summed E-state index contributed by atoms with van der Waals surface area (Å²) in [7, 11) is 1.55. The Labute approximate surface area is 71.6 Å². The molecule has 0 aliphatic rings. The normalized spacial score (nSPS) is 12.2. The summed E-state index contributed by atoms with van der Waals surface area (Å²) in [5.74, 6) is 0. The zero-order valence-corrected chi connectivity index (χ0v) is 7.60. The topological polar surface area (TPSA) is 71.1 Å². The van der Waals surface area contributed by atoms with Crippen molar-refractivity contribution < 1.29 is 14.9 Å². The van der Waals surface area contributed by atoms with E-state index in [1.54, 1.807) is 7.11 Å². The molecule has 6 heteroatoms. The van der Waals surface area contributed by atoms with E-state index in [-0.39, 0.29) is 11.0 Å². The molecule has 0 radical (unpaired) electrons. The molecule has 0 saturated carbocycles. The number of hydrogen-bond acceptors (Lipinski definition) is 3. The van der Waals surface area contributed by atoms with Crippen LogP contribution in [-0.2, 0) is 4.74 Å². The van der Waals surface area contributed by atoms with Crippen LogP contribution < -0.4 is 0 Å². The monoisotopic (exact) mass is 177 g/mol. The maximum absolute atomic E-state index is 10.8. The summed E-state index contributed by atoms with van der Waals surface area (Å²) in [6, 6.07) is -0.0199. The lowest BCUT2D eigenvalue weighted by Crippen LogP contribution is -2.39. The third-order valence-electron chi connectivity index (χ3n) is 1.42. The fraction of sp³-hybridized carbons (Fsp3) is 1.00. The van der Waals surface area contributed by atoms with Crippen molar-refractivity contribution in [3.05, 3.63) is 5.21 Å². The molecule has 0 bridgehead atoms. The van der Waals surface area contributed by atoms with Crippen molar-refractivity contribution in [3.63, 3.8) is 0 Å². The molecule has 0 atom stereocenters. The molecule has 0 aromatic carbocycles. The highest BCUT2D eigenvalue weighted by atomic mass is 16.6. The number of methoxy groups -OCH3 is 1. The first-order valence-electron chi connectivity index (χ1n) is 3.71. The van der Waals surface area contributed by atoms with Crippen molar-refractivity contribution in [2.45, 2.75) is 19.9 Å². The van der Waals surface area contributed by atoms with Crippen LogP contribution >= 0.6 is 0 Å². The minimum atomic E-state index is -0.0199. The molecule has 0 saturated heterocycles. The molecule has 6 nitrogen and oxygen atoms in total. The van der Waals surface area contributed by atoms with E-state index in [9.17, 15) is 5.21 Å². The van der Waals surface area contributed by atoms with Gasteiger partial charge in [-0.15, -0.1) is 5.01 Å². The first kappa shape index (κ1) is 11.0. The maximum atomic E-state index is 10.8. The third kappa shape index (κ3) is 3.38. The predicted molar refractivity (Wildman–Crippen MR) is 41.6 cm³/mol. The lowest BCUT2D eigenvalue weighted by molar-refractivity contribution is -0.716. The van der Waals surface area contributed by atoms with Gasteiger partial charge in [-0.1, -0.05) is 0 Å². The molecule has 0 fully saturated rings. The van der Waals surface area contributed by atoms with Crippen molar-refractivity contribution in [2.75, 3.05) is 20.3 Å². The first-order chi connectivity index (χ1) is 5.63. The summed E-state index contributed by atoms with van der Waals surface area (Å²) in [5.41, 5.74) is 0. The lowest BCUT2D eigenvalue weighted by atomic mass is 10.4. The van der Waals surface area contributed by atoms with Crippen molar-refractivity contribution in [2.24, 2.45) is 5.28 Å². The molecule has 0 unspecified atom stereocenters. The van der Waals surface area contributed by atoms with E-state index in [0.717, 1.165) is 0 Å². The lowest BCUT2D eigenvalue weighted by Gasteiger charge is -2.20. The molecule has 0 amide bonds. The SMILES string of the molecule is COCCN(C(C)C)/[N+]([O-])=N/O. The zero-order valence-electron chi connectivity index (χ0n) is 7.60. The van der Waals surface area contributed by atoms with Crippen LogP contribution in [0.4, 0.5) is 0 Å². The Morgan fingerprint density at radius 1 is 1.67 bits per heavy atom. The summed E-state index contributed by atoms with van der Waals surface area (Å²) in [6.07, 6.45) is 0. The second kappa shape index (κ2) is 5.59. The quantitative estimate of drug-likeness (QED) is 0.379. The molecular formula is C6H15N3O3. The Morgan fingerprint density at radius 3 is 2.58 bits per heavy atom. The van der Waals surface area contributed by atoms with Gasteiger partial charge in [-0.05, 0) is 13.8 Å². The van der Waals surface area contributed by atoms with Gasteiger partial charge in [0.15, 0.2) is 0 Å². The smallest absolute Gasteiger partial charge is 0.230 e. The molecule has 0 aromatic heterocycles. The molecule has 0 aromatic rings. The third-order valence-corrected chi connectivity index (χ3v) is 1.42. The predicted octanol–water partition coefficient (Wildman–Crippen LogP) is 0.610. The molecule has 0 aliphatic heterocycles. The van der Waals surface area contributed by atoms with Gasteiger partial charge in [-0.25, -0.2) is 0 Å². The molecule has 1 N–H and O–H groups in total. The largest absolute Gasteiger partial charge is 0.569 e. The van der Waals surface area contributed by atoms with E-state index in [4.69, 9.17) is 9.94 Å². The molecule has 0 heterocycles. The summed E-state index contributed by atoms with van der Waals surface area (Å²) >= 11 is 0. The number of hydrogen-bond donors (Lipinski definition) is 1. The summed E-state index contributed by atoms with van der Waals surface area (Å²) in [6.45, 7) is 4.48. The Balaban J connectivity index is 4.04. The minimum Gasteiger partial charge on any atom is -0.569 e. The van der Waals surface area contributed by atoms with Gasteiger partial charge >= 0.3 is 0 Å². The minimum absolute atomic E-state index is 0.0199. The highest BCUT2D eigenvalue weighted by Gasteiger charge is 2.16. The fourth-order valence-corrected chi connectivity index (χ4v) is 0.778. The van der Waals surface area contributed by atoms with Crippen molar-refractivity contribution in [3.8, 4) is 0 Å². The van der Waals surface area contributed by atoms with E-state index in [2.05, 4.69) is 5.28 Å².